The molecule has 0 bridgehead atoms. The molecular weight excluding hydrogens is 574 g/mol. The van der Waals surface area contributed by atoms with Crippen LogP contribution in [0, 0.1) is 20.8 Å². The standard InChI is InChI=1S/C34H39N5O4S/c1-22-8-10-25(11-9-22)20-39(31(40)21-44-34-35-23(2)18-24(3)36-34)32(26-12-17-29(42-6)30(19-26)43-7)33(41)37-27-13-15-28(16-14-27)38(4)5/h8-19,32H,20-21H2,1-7H3,(H,37,41)/t32-/m0/s1. The maximum atomic E-state index is 14.2. The van der Waals surface area contributed by atoms with Gasteiger partial charge >= 0.3 is 0 Å². The van der Waals surface area contributed by atoms with Gasteiger partial charge in [-0.15, -0.1) is 0 Å². The van der Waals surface area contributed by atoms with E-state index in [4.69, 9.17) is 9.47 Å². The third-order valence-electron chi connectivity index (χ3n) is 7.01. The Balaban J connectivity index is 1.75. The summed E-state index contributed by atoms with van der Waals surface area (Å²) < 4.78 is 11.0. The summed E-state index contributed by atoms with van der Waals surface area (Å²) in [4.78, 5) is 40.9. The molecule has 0 spiro atoms. The summed E-state index contributed by atoms with van der Waals surface area (Å²) >= 11 is 1.25. The van der Waals surface area contributed by atoms with Crippen LogP contribution >= 0.6 is 11.8 Å². The van der Waals surface area contributed by atoms with Gasteiger partial charge in [0.05, 0.1) is 20.0 Å². The molecule has 44 heavy (non-hydrogen) atoms. The van der Waals surface area contributed by atoms with Gasteiger partial charge in [-0.3, -0.25) is 9.59 Å². The molecule has 10 heteroatoms. The number of aryl methyl sites for hydroxylation is 3. The number of amides is 2. The number of thioether (sulfide) groups is 1. The highest BCUT2D eigenvalue weighted by atomic mass is 32.2. The Morgan fingerprint density at radius 1 is 0.841 bits per heavy atom. The van der Waals surface area contributed by atoms with Gasteiger partial charge in [0.25, 0.3) is 5.91 Å². The SMILES string of the molecule is COc1ccc([C@@H](C(=O)Nc2ccc(N(C)C)cc2)N(Cc2ccc(C)cc2)C(=O)CSc2nc(C)cc(C)n2)cc1OC. The van der Waals surface area contributed by atoms with Crippen molar-refractivity contribution in [2.75, 3.05) is 44.3 Å². The molecule has 1 atom stereocenters. The lowest BCUT2D eigenvalue weighted by Gasteiger charge is -2.32. The van der Waals surface area contributed by atoms with Crippen molar-refractivity contribution >= 4 is 35.0 Å². The Morgan fingerprint density at radius 2 is 1.48 bits per heavy atom. The van der Waals surface area contributed by atoms with Crippen LogP contribution in [-0.4, -0.2) is 60.8 Å². The predicted molar refractivity (Wildman–Crippen MR) is 176 cm³/mol. The molecule has 230 valence electrons. The monoisotopic (exact) mass is 613 g/mol. The zero-order valence-corrected chi connectivity index (χ0v) is 27.1. The maximum Gasteiger partial charge on any atom is 0.251 e. The number of carbonyl (C=O) groups excluding carboxylic acids is 2. The molecule has 0 aliphatic rings. The number of aromatic nitrogens is 2. The van der Waals surface area contributed by atoms with Crippen molar-refractivity contribution in [2.45, 2.75) is 38.5 Å². The molecule has 1 aromatic heterocycles. The average Bonchev–Trinajstić information content (AvgIpc) is 3.00. The third-order valence-corrected chi connectivity index (χ3v) is 7.85. The first-order valence-electron chi connectivity index (χ1n) is 14.2. The zero-order valence-electron chi connectivity index (χ0n) is 26.2. The number of benzene rings is 3. The van der Waals surface area contributed by atoms with Gasteiger partial charge in [0.15, 0.2) is 16.7 Å². The summed E-state index contributed by atoms with van der Waals surface area (Å²) in [7, 11) is 7.00. The Kier molecular flexibility index (Phi) is 10.8. The summed E-state index contributed by atoms with van der Waals surface area (Å²) in [5, 5.41) is 3.55. The van der Waals surface area contributed by atoms with Crippen molar-refractivity contribution in [3.63, 3.8) is 0 Å². The molecule has 4 aromatic rings. The normalized spacial score (nSPS) is 11.4. The predicted octanol–water partition coefficient (Wildman–Crippen LogP) is 5.99. The van der Waals surface area contributed by atoms with Crippen LogP contribution < -0.4 is 19.7 Å². The van der Waals surface area contributed by atoms with Gasteiger partial charge < -0.3 is 24.6 Å². The Morgan fingerprint density at radius 3 is 2.07 bits per heavy atom. The van der Waals surface area contributed by atoms with Crippen LogP contribution in [0.2, 0.25) is 0 Å². The van der Waals surface area contributed by atoms with E-state index in [-0.39, 0.29) is 24.1 Å². The second-order valence-electron chi connectivity index (χ2n) is 10.7. The van der Waals surface area contributed by atoms with Gasteiger partial charge in [-0.1, -0.05) is 47.7 Å². The van der Waals surface area contributed by atoms with Crippen LogP contribution in [0.15, 0.2) is 78.0 Å². The van der Waals surface area contributed by atoms with Crippen molar-refractivity contribution in [1.82, 2.24) is 14.9 Å². The van der Waals surface area contributed by atoms with Gasteiger partial charge in [0.2, 0.25) is 5.91 Å². The number of hydrogen-bond acceptors (Lipinski definition) is 8. The number of nitrogens with one attached hydrogen (secondary N) is 1. The highest BCUT2D eigenvalue weighted by Gasteiger charge is 2.33. The van der Waals surface area contributed by atoms with Crippen LogP contribution in [0.5, 0.6) is 11.5 Å². The van der Waals surface area contributed by atoms with Crippen molar-refractivity contribution in [3.05, 3.63) is 101 Å². The highest BCUT2D eigenvalue weighted by Crippen LogP contribution is 2.34. The van der Waals surface area contributed by atoms with Crippen LogP contribution in [-0.2, 0) is 16.1 Å². The van der Waals surface area contributed by atoms with E-state index in [2.05, 4.69) is 15.3 Å². The fourth-order valence-electron chi connectivity index (χ4n) is 4.73. The molecule has 0 unspecified atom stereocenters. The molecule has 4 rings (SSSR count). The number of anilines is 2. The van der Waals surface area contributed by atoms with Gasteiger partial charge in [-0.05, 0) is 74.4 Å². The van der Waals surface area contributed by atoms with E-state index in [0.29, 0.717) is 27.9 Å². The number of carbonyl (C=O) groups is 2. The number of methoxy groups -OCH3 is 2. The Labute approximate surface area is 263 Å². The van der Waals surface area contributed by atoms with Gasteiger partial charge in [0, 0.05) is 43.4 Å². The van der Waals surface area contributed by atoms with Crippen LogP contribution in [0.3, 0.4) is 0 Å². The molecule has 0 radical (unpaired) electrons. The topological polar surface area (TPSA) is 96.9 Å². The van der Waals surface area contributed by atoms with E-state index in [1.54, 1.807) is 37.3 Å². The number of nitrogens with zero attached hydrogens (tertiary/aromatic N) is 4. The minimum Gasteiger partial charge on any atom is -0.493 e. The van der Waals surface area contributed by atoms with Crippen molar-refractivity contribution in [3.8, 4) is 11.5 Å². The second kappa shape index (κ2) is 14.7. The molecule has 0 saturated carbocycles. The van der Waals surface area contributed by atoms with Crippen molar-refractivity contribution in [2.24, 2.45) is 0 Å². The Hall–Kier alpha value is -4.57. The molecule has 0 aliphatic heterocycles. The smallest absolute Gasteiger partial charge is 0.251 e. The van der Waals surface area contributed by atoms with Gasteiger partial charge in [-0.2, -0.15) is 0 Å². The quantitative estimate of drug-likeness (QED) is 0.154. The Bertz CT molecular complexity index is 1570. The minimum absolute atomic E-state index is 0.0450. The lowest BCUT2D eigenvalue weighted by atomic mass is 10.0. The lowest BCUT2D eigenvalue weighted by Crippen LogP contribution is -2.41. The fourth-order valence-corrected chi connectivity index (χ4v) is 5.57. The minimum atomic E-state index is -0.988. The molecule has 1 N–H and O–H groups in total. The molecule has 0 aliphatic carbocycles. The fraction of sp³-hybridized carbons (Fsp3) is 0.294. The van der Waals surface area contributed by atoms with Crippen molar-refractivity contribution in [1.29, 1.82) is 0 Å². The second-order valence-corrected chi connectivity index (χ2v) is 11.6. The average molecular weight is 614 g/mol. The first-order valence-corrected chi connectivity index (χ1v) is 15.2. The number of hydrogen-bond donors (Lipinski definition) is 1. The van der Waals surface area contributed by atoms with Gasteiger partial charge in [-0.25, -0.2) is 9.97 Å². The van der Waals surface area contributed by atoms with Crippen LogP contribution in [0.25, 0.3) is 0 Å². The molecule has 1 heterocycles. The summed E-state index contributed by atoms with van der Waals surface area (Å²) in [5.74, 6) is 0.426. The maximum absolute atomic E-state index is 14.2. The first kappa shape index (κ1) is 32.3. The summed E-state index contributed by atoms with van der Waals surface area (Å²) in [6, 6.07) is 21.7. The van der Waals surface area contributed by atoms with E-state index < -0.39 is 6.04 Å². The van der Waals surface area contributed by atoms with Crippen LogP contribution in [0.4, 0.5) is 11.4 Å². The van der Waals surface area contributed by atoms with E-state index in [9.17, 15) is 9.59 Å². The highest BCUT2D eigenvalue weighted by molar-refractivity contribution is 7.99. The van der Waals surface area contributed by atoms with E-state index in [1.165, 1.54) is 11.8 Å². The summed E-state index contributed by atoms with van der Waals surface area (Å²) in [6.45, 7) is 6.01. The number of rotatable bonds is 12. The zero-order chi connectivity index (χ0) is 31.8. The summed E-state index contributed by atoms with van der Waals surface area (Å²) in [6.07, 6.45) is 0. The van der Waals surface area contributed by atoms with Crippen molar-refractivity contribution < 1.29 is 19.1 Å². The van der Waals surface area contributed by atoms with Crippen LogP contribution in [0.1, 0.15) is 34.1 Å². The van der Waals surface area contributed by atoms with E-state index in [0.717, 1.165) is 28.2 Å². The molecule has 9 nitrogen and oxygen atoms in total. The molecular formula is C34H39N5O4S. The third kappa shape index (κ3) is 8.29. The molecule has 0 fully saturated rings. The molecule has 0 saturated heterocycles. The number of ether oxygens (including phenoxy) is 2. The largest absolute Gasteiger partial charge is 0.493 e. The van der Waals surface area contributed by atoms with E-state index >= 15 is 0 Å². The first-order chi connectivity index (χ1) is 21.1. The van der Waals surface area contributed by atoms with E-state index in [1.807, 2.05) is 94.4 Å². The summed E-state index contributed by atoms with van der Waals surface area (Å²) in [5.41, 5.74) is 5.85. The lowest BCUT2D eigenvalue weighted by molar-refractivity contribution is -0.137. The molecule has 2 amide bonds. The molecule has 3 aromatic carbocycles. The van der Waals surface area contributed by atoms with Gasteiger partial charge in [0.1, 0.15) is 6.04 Å².